The van der Waals surface area contributed by atoms with Crippen LogP contribution in [0.2, 0.25) is 0 Å². The van der Waals surface area contributed by atoms with Crippen molar-refractivity contribution in [2.45, 2.75) is 40.5 Å². The molecule has 0 N–H and O–H groups in total. The van der Waals surface area contributed by atoms with E-state index in [-0.39, 0.29) is 0 Å². The van der Waals surface area contributed by atoms with E-state index in [0.29, 0.717) is 12.5 Å². The molecule has 0 aromatic carbocycles. The van der Waals surface area contributed by atoms with E-state index in [0.717, 1.165) is 38.2 Å². The summed E-state index contributed by atoms with van der Waals surface area (Å²) in [5.74, 6) is 1.39. The number of hydrogen-bond donors (Lipinski definition) is 0. The zero-order valence-corrected chi connectivity index (χ0v) is 14.4. The molecule has 3 nitrogen and oxygen atoms in total. The van der Waals surface area contributed by atoms with E-state index < -0.39 is 6.57 Å². The Hall–Kier alpha value is 0.500. The number of nitrogens with zero attached hydrogens (tertiary/aromatic N) is 1. The van der Waals surface area contributed by atoms with Gasteiger partial charge in [-0.2, -0.15) is 0 Å². The standard InChI is InChI=1S/C13H30NO2PS/c1-6-9-13(4)12-16-17(5,15)18-11-10-14(7-2)8-3/h13H,6-12H2,1-5H3. The summed E-state index contributed by atoms with van der Waals surface area (Å²) in [4.78, 5) is 2.34. The summed E-state index contributed by atoms with van der Waals surface area (Å²) in [7, 11) is 0. The second-order valence-corrected chi connectivity index (χ2v) is 10.1. The molecule has 0 aromatic heterocycles. The fourth-order valence-corrected chi connectivity index (χ4v) is 4.67. The van der Waals surface area contributed by atoms with Gasteiger partial charge in [-0.25, -0.2) is 0 Å². The monoisotopic (exact) mass is 295 g/mol. The lowest BCUT2D eigenvalue weighted by molar-refractivity contribution is 0.262. The highest BCUT2D eigenvalue weighted by Gasteiger charge is 2.18. The molecule has 0 radical (unpaired) electrons. The number of hydrogen-bond acceptors (Lipinski definition) is 4. The highest BCUT2D eigenvalue weighted by molar-refractivity contribution is 8.56. The minimum absolute atomic E-state index is 0.506. The maximum Gasteiger partial charge on any atom is 0.254 e. The molecule has 0 aromatic rings. The Balaban J connectivity index is 3.82. The quantitative estimate of drug-likeness (QED) is 0.530. The van der Waals surface area contributed by atoms with Crippen LogP contribution < -0.4 is 0 Å². The van der Waals surface area contributed by atoms with Gasteiger partial charge in [0.25, 0.3) is 6.57 Å². The van der Waals surface area contributed by atoms with Crippen molar-refractivity contribution >= 4 is 18.0 Å². The Kier molecular flexibility index (Phi) is 10.6. The Bertz CT molecular complexity index is 247. The minimum Gasteiger partial charge on any atom is -0.321 e. The number of rotatable bonds is 11. The maximum atomic E-state index is 12.2. The Morgan fingerprint density at radius 1 is 1.28 bits per heavy atom. The van der Waals surface area contributed by atoms with Crippen LogP contribution in [-0.2, 0) is 9.09 Å². The average Bonchev–Trinajstić information content (AvgIpc) is 2.33. The van der Waals surface area contributed by atoms with E-state index in [1.54, 1.807) is 6.66 Å². The smallest absolute Gasteiger partial charge is 0.254 e. The van der Waals surface area contributed by atoms with Gasteiger partial charge in [0.2, 0.25) is 0 Å². The molecule has 0 amide bonds. The molecule has 2 atom stereocenters. The predicted octanol–water partition coefficient (Wildman–Crippen LogP) is 4.34. The molecule has 0 fully saturated rings. The molecule has 0 heterocycles. The molecule has 0 spiro atoms. The molecule has 0 aliphatic rings. The van der Waals surface area contributed by atoms with Crippen LogP contribution in [0.5, 0.6) is 0 Å². The van der Waals surface area contributed by atoms with Gasteiger partial charge in [0.1, 0.15) is 0 Å². The van der Waals surface area contributed by atoms with Crippen LogP contribution in [0.3, 0.4) is 0 Å². The fourth-order valence-electron chi connectivity index (χ4n) is 1.75. The predicted molar refractivity (Wildman–Crippen MR) is 83.8 cm³/mol. The van der Waals surface area contributed by atoms with Gasteiger partial charge in [0, 0.05) is 19.0 Å². The Morgan fingerprint density at radius 2 is 1.89 bits per heavy atom. The van der Waals surface area contributed by atoms with Crippen molar-refractivity contribution in [3.05, 3.63) is 0 Å². The molecular formula is C13H30NO2PS. The molecule has 0 bridgehead atoms. The zero-order chi connectivity index (χ0) is 14.0. The van der Waals surface area contributed by atoms with E-state index >= 15 is 0 Å². The molecule has 0 saturated heterocycles. The molecule has 110 valence electrons. The van der Waals surface area contributed by atoms with Gasteiger partial charge < -0.3 is 9.42 Å². The minimum atomic E-state index is -2.46. The molecule has 18 heavy (non-hydrogen) atoms. The third-order valence-corrected chi connectivity index (χ3v) is 6.73. The van der Waals surface area contributed by atoms with E-state index in [1.807, 2.05) is 0 Å². The molecule has 0 aliphatic carbocycles. The summed E-state index contributed by atoms with van der Waals surface area (Å²) in [5.41, 5.74) is 0. The van der Waals surface area contributed by atoms with Crippen molar-refractivity contribution in [1.82, 2.24) is 4.90 Å². The Morgan fingerprint density at radius 3 is 2.39 bits per heavy atom. The summed E-state index contributed by atoms with van der Waals surface area (Å²) in [6.07, 6.45) is 2.30. The van der Waals surface area contributed by atoms with Gasteiger partial charge in [-0.05, 0) is 25.4 Å². The van der Waals surface area contributed by atoms with Crippen LogP contribution in [0.15, 0.2) is 0 Å². The summed E-state index contributed by atoms with van der Waals surface area (Å²) in [5, 5.41) is 0. The van der Waals surface area contributed by atoms with Gasteiger partial charge >= 0.3 is 0 Å². The third-order valence-electron chi connectivity index (χ3n) is 3.00. The van der Waals surface area contributed by atoms with E-state index in [2.05, 4.69) is 32.6 Å². The molecule has 0 saturated carbocycles. The normalized spacial score (nSPS) is 16.8. The summed E-state index contributed by atoms with van der Waals surface area (Å²) in [6, 6.07) is 0. The summed E-state index contributed by atoms with van der Waals surface area (Å²) >= 11 is 1.49. The summed E-state index contributed by atoms with van der Waals surface area (Å²) < 4.78 is 17.8. The highest BCUT2D eigenvalue weighted by atomic mass is 32.7. The van der Waals surface area contributed by atoms with Crippen LogP contribution in [-0.4, -0.2) is 43.6 Å². The van der Waals surface area contributed by atoms with Crippen molar-refractivity contribution in [2.24, 2.45) is 5.92 Å². The van der Waals surface area contributed by atoms with Crippen LogP contribution in [0.25, 0.3) is 0 Å². The largest absolute Gasteiger partial charge is 0.321 e. The zero-order valence-electron chi connectivity index (χ0n) is 12.6. The van der Waals surface area contributed by atoms with Crippen LogP contribution >= 0.6 is 18.0 Å². The second kappa shape index (κ2) is 10.3. The molecular weight excluding hydrogens is 265 g/mol. The first-order chi connectivity index (χ1) is 8.45. The van der Waals surface area contributed by atoms with Crippen LogP contribution in [0.1, 0.15) is 40.5 Å². The van der Waals surface area contributed by atoms with Gasteiger partial charge in [-0.15, -0.1) is 0 Å². The topological polar surface area (TPSA) is 29.5 Å². The highest BCUT2D eigenvalue weighted by Crippen LogP contribution is 2.56. The van der Waals surface area contributed by atoms with Gasteiger partial charge in [-0.1, -0.05) is 45.5 Å². The second-order valence-electron chi connectivity index (χ2n) is 4.82. The van der Waals surface area contributed by atoms with Gasteiger partial charge in [0.05, 0.1) is 6.61 Å². The van der Waals surface area contributed by atoms with Gasteiger partial charge in [0.15, 0.2) is 0 Å². The lowest BCUT2D eigenvalue weighted by atomic mass is 10.1. The van der Waals surface area contributed by atoms with Crippen molar-refractivity contribution in [2.75, 3.05) is 38.7 Å². The van der Waals surface area contributed by atoms with Crippen molar-refractivity contribution in [3.8, 4) is 0 Å². The molecule has 0 aliphatic heterocycles. The first kappa shape index (κ1) is 18.5. The lowest BCUT2D eigenvalue weighted by Crippen LogP contribution is -2.25. The fraction of sp³-hybridized carbons (Fsp3) is 1.00. The van der Waals surface area contributed by atoms with Crippen molar-refractivity contribution < 1.29 is 9.09 Å². The first-order valence-electron chi connectivity index (χ1n) is 7.04. The summed E-state index contributed by atoms with van der Waals surface area (Å²) in [6.45, 7) is 11.7. The Labute approximate surface area is 117 Å². The van der Waals surface area contributed by atoms with E-state index in [1.165, 1.54) is 11.4 Å². The molecule has 5 heteroatoms. The van der Waals surface area contributed by atoms with E-state index in [4.69, 9.17) is 4.52 Å². The van der Waals surface area contributed by atoms with Crippen LogP contribution in [0.4, 0.5) is 0 Å². The van der Waals surface area contributed by atoms with Crippen molar-refractivity contribution in [3.63, 3.8) is 0 Å². The maximum absolute atomic E-state index is 12.2. The van der Waals surface area contributed by atoms with Gasteiger partial charge in [-0.3, -0.25) is 4.57 Å². The molecule has 0 rings (SSSR count). The molecule has 2 unspecified atom stereocenters. The average molecular weight is 295 g/mol. The van der Waals surface area contributed by atoms with Crippen LogP contribution in [0, 0.1) is 5.92 Å². The lowest BCUT2D eigenvalue weighted by Gasteiger charge is -2.20. The SMILES string of the molecule is CCCC(C)COP(C)(=O)SCCN(CC)CC. The first-order valence-corrected chi connectivity index (χ1v) is 10.7. The third kappa shape index (κ3) is 9.43. The van der Waals surface area contributed by atoms with Crippen molar-refractivity contribution in [1.29, 1.82) is 0 Å². The van der Waals surface area contributed by atoms with E-state index in [9.17, 15) is 4.57 Å².